The molecule has 0 aromatic heterocycles. The van der Waals surface area contributed by atoms with E-state index in [0.717, 1.165) is 4.90 Å². The lowest BCUT2D eigenvalue weighted by molar-refractivity contribution is -0.134. The van der Waals surface area contributed by atoms with Gasteiger partial charge in [-0.05, 0) is 55.7 Å². The largest absolute Gasteiger partial charge is 0.494 e. The molecule has 36 heavy (non-hydrogen) atoms. The van der Waals surface area contributed by atoms with E-state index in [4.69, 9.17) is 37.9 Å². The summed E-state index contributed by atoms with van der Waals surface area (Å²) in [5.74, 6) is -1.56. The van der Waals surface area contributed by atoms with E-state index in [1.807, 2.05) is 0 Å². The second kappa shape index (κ2) is 10.3. The Labute approximate surface area is 216 Å². The minimum Gasteiger partial charge on any atom is -0.494 e. The summed E-state index contributed by atoms with van der Waals surface area (Å²) in [6.45, 7) is 0.395. The van der Waals surface area contributed by atoms with Crippen LogP contribution in [0.1, 0.15) is 40.0 Å². The van der Waals surface area contributed by atoms with Crippen LogP contribution in [0.25, 0.3) is 0 Å². The lowest BCUT2D eigenvalue weighted by Gasteiger charge is -2.34. The van der Waals surface area contributed by atoms with E-state index in [1.54, 1.807) is 0 Å². The van der Waals surface area contributed by atoms with Crippen molar-refractivity contribution >= 4 is 50.8 Å². The Bertz CT molecular complexity index is 1270. The first-order valence-corrected chi connectivity index (χ1v) is 13.2. The van der Waals surface area contributed by atoms with Gasteiger partial charge in [0.05, 0.1) is 32.7 Å². The highest BCUT2D eigenvalue weighted by atomic mass is 35.5. The fourth-order valence-electron chi connectivity index (χ4n) is 4.26. The molecule has 0 unspecified atom stereocenters. The van der Waals surface area contributed by atoms with Crippen LogP contribution in [0.2, 0.25) is 10.0 Å². The molecule has 2 heterocycles. The van der Waals surface area contributed by atoms with Crippen molar-refractivity contribution in [1.29, 1.82) is 0 Å². The number of ether oxygens (including phenoxy) is 2. The number of nitrogens with one attached hydrogen (secondary N) is 1. The fraction of sp³-hybridized carbons (Fsp3) is 0.348. The summed E-state index contributed by atoms with van der Waals surface area (Å²) in [5, 5.41) is 9.51. The minimum atomic E-state index is -4.14. The third kappa shape index (κ3) is 4.57. The predicted octanol–water partition coefficient (Wildman–Crippen LogP) is 2.89. The molecule has 2 aromatic rings. The average molecular weight is 557 g/mol. The maximum absolute atomic E-state index is 13.3. The van der Waals surface area contributed by atoms with Crippen molar-refractivity contribution in [3.8, 4) is 5.75 Å². The smallest absolute Gasteiger partial charge is 0.265 e. The summed E-state index contributed by atoms with van der Waals surface area (Å²) in [6, 6.07) is 8.29. The lowest BCUT2D eigenvalue weighted by atomic mass is 9.98. The second-order valence-corrected chi connectivity index (χ2v) is 11.4. The zero-order chi connectivity index (χ0) is 26.1. The van der Waals surface area contributed by atoms with Crippen LogP contribution in [0, 0.1) is 0 Å². The number of benzene rings is 2. The van der Waals surface area contributed by atoms with Crippen LogP contribution in [0.5, 0.6) is 5.75 Å². The molecular weight excluding hydrogens is 535 g/mol. The van der Waals surface area contributed by atoms with Crippen molar-refractivity contribution in [2.24, 2.45) is 0 Å². The molecule has 10 nitrogen and oxygen atoms in total. The SMILES string of the molecule is O=C1c2cc(Cl)c(Cl)cc2C(=O)N1CCCOc1ccc(S(=O)(=O)C2(C(=O)NO)CCOCC2)cc1. The van der Waals surface area contributed by atoms with Gasteiger partial charge in [0, 0.05) is 19.8 Å². The highest BCUT2D eigenvalue weighted by molar-refractivity contribution is 7.93. The van der Waals surface area contributed by atoms with Crippen LogP contribution < -0.4 is 10.2 Å². The van der Waals surface area contributed by atoms with Crippen LogP contribution in [0.15, 0.2) is 41.3 Å². The van der Waals surface area contributed by atoms with Crippen LogP contribution in [0.3, 0.4) is 0 Å². The van der Waals surface area contributed by atoms with E-state index in [2.05, 4.69) is 0 Å². The lowest BCUT2D eigenvalue weighted by Crippen LogP contribution is -2.54. The molecule has 0 spiro atoms. The van der Waals surface area contributed by atoms with Gasteiger partial charge in [0.1, 0.15) is 5.75 Å². The number of carbonyl (C=O) groups is 3. The van der Waals surface area contributed by atoms with E-state index in [9.17, 15) is 22.8 Å². The van der Waals surface area contributed by atoms with Gasteiger partial charge in [0.2, 0.25) is 0 Å². The summed E-state index contributed by atoms with van der Waals surface area (Å²) < 4.78 is 35.5. The van der Waals surface area contributed by atoms with E-state index in [1.165, 1.54) is 41.9 Å². The minimum absolute atomic E-state index is 0.0705. The van der Waals surface area contributed by atoms with Crippen molar-refractivity contribution in [3.63, 3.8) is 0 Å². The third-order valence-corrected chi connectivity index (χ3v) is 9.51. The topological polar surface area (TPSA) is 139 Å². The van der Waals surface area contributed by atoms with Gasteiger partial charge in [-0.15, -0.1) is 0 Å². The molecule has 2 aromatic carbocycles. The number of nitrogens with zero attached hydrogens (tertiary/aromatic N) is 1. The van der Waals surface area contributed by atoms with Crippen LogP contribution >= 0.6 is 23.2 Å². The van der Waals surface area contributed by atoms with Crippen LogP contribution in [0.4, 0.5) is 0 Å². The maximum atomic E-state index is 13.3. The first-order chi connectivity index (χ1) is 17.1. The molecule has 2 aliphatic rings. The zero-order valence-corrected chi connectivity index (χ0v) is 21.2. The fourth-order valence-corrected chi connectivity index (χ4v) is 6.53. The van der Waals surface area contributed by atoms with Crippen molar-refractivity contribution in [3.05, 3.63) is 57.6 Å². The maximum Gasteiger partial charge on any atom is 0.265 e. The molecule has 0 bridgehead atoms. The molecular formula is C23H22Cl2N2O8S. The Morgan fingerprint density at radius 2 is 1.61 bits per heavy atom. The van der Waals surface area contributed by atoms with Gasteiger partial charge in [-0.25, -0.2) is 13.9 Å². The normalized spacial score (nSPS) is 17.1. The van der Waals surface area contributed by atoms with Crippen molar-refractivity contribution in [2.45, 2.75) is 28.9 Å². The number of imide groups is 1. The molecule has 0 radical (unpaired) electrons. The molecule has 2 aliphatic heterocycles. The quantitative estimate of drug-likeness (QED) is 0.219. The Balaban J connectivity index is 1.37. The molecule has 192 valence electrons. The highest BCUT2D eigenvalue weighted by Gasteiger charge is 2.52. The van der Waals surface area contributed by atoms with Crippen molar-refractivity contribution in [1.82, 2.24) is 10.4 Å². The molecule has 1 fully saturated rings. The van der Waals surface area contributed by atoms with E-state index >= 15 is 0 Å². The predicted molar refractivity (Wildman–Crippen MR) is 128 cm³/mol. The highest BCUT2D eigenvalue weighted by Crippen LogP contribution is 2.36. The summed E-state index contributed by atoms with van der Waals surface area (Å²) >= 11 is 11.9. The third-order valence-electron chi connectivity index (χ3n) is 6.27. The van der Waals surface area contributed by atoms with Gasteiger partial charge in [0.15, 0.2) is 14.6 Å². The molecule has 3 amide bonds. The number of hydrogen-bond donors (Lipinski definition) is 2. The first kappa shape index (κ1) is 26.4. The number of hydroxylamine groups is 1. The molecule has 4 rings (SSSR count). The van der Waals surface area contributed by atoms with Gasteiger partial charge in [-0.3, -0.25) is 24.5 Å². The summed E-state index contributed by atoms with van der Waals surface area (Å²) in [7, 11) is -4.14. The molecule has 0 atom stereocenters. The van der Waals surface area contributed by atoms with Crippen molar-refractivity contribution in [2.75, 3.05) is 26.4 Å². The number of hydrogen-bond acceptors (Lipinski definition) is 8. The van der Waals surface area contributed by atoms with Gasteiger partial charge in [0.25, 0.3) is 17.7 Å². The zero-order valence-electron chi connectivity index (χ0n) is 18.8. The van der Waals surface area contributed by atoms with E-state index in [-0.39, 0.29) is 65.3 Å². The summed E-state index contributed by atoms with van der Waals surface area (Å²) in [6.07, 6.45) is 0.152. The van der Waals surface area contributed by atoms with Gasteiger partial charge >= 0.3 is 0 Å². The standard InChI is InChI=1S/C23H22Cl2N2O8S/c24-18-12-16-17(13-19(18)25)21(29)27(20(16)28)8-1-9-35-14-2-4-15(5-3-14)36(32,33)23(22(30)26-31)6-10-34-11-7-23/h2-5,12-13,31H,1,6-11H2,(H,26,30). The monoisotopic (exact) mass is 556 g/mol. The number of carbonyl (C=O) groups excluding carboxylic acids is 3. The van der Waals surface area contributed by atoms with Gasteiger partial charge < -0.3 is 9.47 Å². The summed E-state index contributed by atoms with van der Waals surface area (Å²) in [5.41, 5.74) is 1.87. The Morgan fingerprint density at radius 1 is 1.06 bits per heavy atom. The molecule has 0 saturated carbocycles. The first-order valence-electron chi connectivity index (χ1n) is 11.0. The number of fused-ring (bicyclic) bond motifs is 1. The molecule has 0 aliphatic carbocycles. The number of sulfone groups is 1. The molecule has 13 heteroatoms. The van der Waals surface area contributed by atoms with Crippen molar-refractivity contribution < 1.29 is 37.5 Å². The average Bonchev–Trinajstić information content (AvgIpc) is 3.10. The van der Waals surface area contributed by atoms with Crippen LogP contribution in [-0.2, 0) is 19.4 Å². The number of rotatable bonds is 8. The number of amides is 3. The van der Waals surface area contributed by atoms with E-state index in [0.29, 0.717) is 12.2 Å². The Morgan fingerprint density at radius 3 is 2.14 bits per heavy atom. The molecule has 1 saturated heterocycles. The summed E-state index contributed by atoms with van der Waals surface area (Å²) in [4.78, 5) is 38.4. The number of halogens is 2. The Hall–Kier alpha value is -2.70. The van der Waals surface area contributed by atoms with E-state index < -0.39 is 32.3 Å². The Kier molecular flexibility index (Phi) is 7.58. The molecule has 2 N–H and O–H groups in total. The van der Waals surface area contributed by atoms with Gasteiger partial charge in [-0.1, -0.05) is 23.2 Å². The van der Waals surface area contributed by atoms with Crippen LogP contribution in [-0.4, -0.2) is 67.4 Å². The second-order valence-electron chi connectivity index (χ2n) is 8.30. The van der Waals surface area contributed by atoms with Gasteiger partial charge in [-0.2, -0.15) is 0 Å².